The van der Waals surface area contributed by atoms with Crippen molar-refractivity contribution < 1.29 is 15.3 Å². The Balaban J connectivity index is 1.89. The van der Waals surface area contributed by atoms with Crippen LogP contribution in [0.15, 0.2) is 11.6 Å². The molecule has 3 aliphatic carbocycles. The highest BCUT2D eigenvalue weighted by Gasteiger charge is 2.56. The summed E-state index contributed by atoms with van der Waals surface area (Å²) < 4.78 is 0. The first-order valence-electron chi connectivity index (χ1n) is 9.47. The van der Waals surface area contributed by atoms with Crippen molar-refractivity contribution in [3.63, 3.8) is 0 Å². The van der Waals surface area contributed by atoms with Crippen LogP contribution in [0.3, 0.4) is 0 Å². The fourth-order valence-corrected chi connectivity index (χ4v) is 6.32. The van der Waals surface area contributed by atoms with Crippen LogP contribution in [0.25, 0.3) is 0 Å². The van der Waals surface area contributed by atoms with E-state index in [-0.39, 0.29) is 42.0 Å². The predicted octanol–water partition coefficient (Wildman–Crippen LogP) is 2.75. The molecule has 24 heavy (non-hydrogen) atoms. The second-order valence-electron chi connectivity index (χ2n) is 8.83. The van der Waals surface area contributed by atoms with Crippen LogP contribution in [0.1, 0.15) is 52.4 Å². The van der Waals surface area contributed by atoms with E-state index in [9.17, 15) is 15.3 Å². The molecule has 3 N–H and O–H groups in total. The molecule has 7 atom stereocenters. The van der Waals surface area contributed by atoms with Crippen LogP contribution in [-0.2, 0) is 0 Å². The largest absolute Gasteiger partial charge is 0.396 e. The summed E-state index contributed by atoms with van der Waals surface area (Å²) in [7, 11) is 0. The van der Waals surface area contributed by atoms with Crippen molar-refractivity contribution in [2.75, 3.05) is 13.2 Å². The third-order valence-corrected chi connectivity index (χ3v) is 7.96. The number of allylic oxidation sites excluding steroid dienone is 2. The van der Waals surface area contributed by atoms with Crippen molar-refractivity contribution in [3.8, 4) is 12.3 Å². The Kier molecular flexibility index (Phi) is 4.86. The number of terminal acetylenes is 1. The van der Waals surface area contributed by atoms with Gasteiger partial charge in [0.15, 0.2) is 0 Å². The van der Waals surface area contributed by atoms with Crippen LogP contribution in [0.4, 0.5) is 0 Å². The molecule has 0 aromatic rings. The van der Waals surface area contributed by atoms with Crippen LogP contribution in [-0.4, -0.2) is 34.6 Å². The molecular formula is C21H32O3. The second kappa shape index (κ2) is 6.48. The number of hydrogen-bond donors (Lipinski definition) is 3. The van der Waals surface area contributed by atoms with E-state index in [1.54, 1.807) is 0 Å². The SMILES string of the molecule is C#CC1=CCC2[C@H](CO)C([C@@]3(C)CC[C@H](O)C[C@@H]3CO)CC[C@]12C. The van der Waals surface area contributed by atoms with Gasteiger partial charge in [-0.1, -0.05) is 25.8 Å². The molecule has 2 unspecified atom stereocenters. The summed E-state index contributed by atoms with van der Waals surface area (Å²) in [4.78, 5) is 0. The zero-order chi connectivity index (χ0) is 17.5. The minimum Gasteiger partial charge on any atom is -0.396 e. The molecule has 0 spiro atoms. The quantitative estimate of drug-likeness (QED) is 0.697. The van der Waals surface area contributed by atoms with Gasteiger partial charge in [0.25, 0.3) is 0 Å². The molecule has 3 nitrogen and oxygen atoms in total. The van der Waals surface area contributed by atoms with Crippen molar-refractivity contribution in [1.29, 1.82) is 0 Å². The van der Waals surface area contributed by atoms with E-state index in [2.05, 4.69) is 25.8 Å². The summed E-state index contributed by atoms with van der Waals surface area (Å²) in [6.07, 6.45) is 13.1. The average Bonchev–Trinajstić information content (AvgIpc) is 2.92. The predicted molar refractivity (Wildman–Crippen MR) is 95.0 cm³/mol. The fraction of sp³-hybridized carbons (Fsp3) is 0.810. The third-order valence-electron chi connectivity index (χ3n) is 7.96. The lowest BCUT2D eigenvalue weighted by Crippen LogP contribution is -2.52. The number of aliphatic hydroxyl groups excluding tert-OH is 3. The summed E-state index contributed by atoms with van der Waals surface area (Å²) in [6.45, 7) is 4.86. The lowest BCUT2D eigenvalue weighted by Gasteiger charge is -2.56. The lowest BCUT2D eigenvalue weighted by atomic mass is 9.49. The maximum absolute atomic E-state index is 10.3. The van der Waals surface area contributed by atoms with E-state index in [1.165, 1.54) is 0 Å². The Hall–Kier alpha value is -0.820. The van der Waals surface area contributed by atoms with Crippen molar-refractivity contribution in [2.45, 2.75) is 58.5 Å². The molecule has 2 fully saturated rings. The van der Waals surface area contributed by atoms with Crippen molar-refractivity contribution in [3.05, 3.63) is 11.6 Å². The Morgan fingerprint density at radius 3 is 2.54 bits per heavy atom. The van der Waals surface area contributed by atoms with Gasteiger partial charge in [0.1, 0.15) is 0 Å². The Morgan fingerprint density at radius 2 is 1.92 bits per heavy atom. The number of hydrogen-bond acceptors (Lipinski definition) is 3. The molecule has 0 aliphatic heterocycles. The molecule has 3 rings (SSSR count). The topological polar surface area (TPSA) is 60.7 Å². The normalized spacial score (nSPS) is 48.5. The van der Waals surface area contributed by atoms with Gasteiger partial charge >= 0.3 is 0 Å². The lowest BCUT2D eigenvalue weighted by molar-refractivity contribution is -0.105. The van der Waals surface area contributed by atoms with Crippen LogP contribution in [0.5, 0.6) is 0 Å². The number of fused-ring (bicyclic) bond motifs is 1. The first kappa shape index (κ1) is 18.0. The van der Waals surface area contributed by atoms with E-state index in [4.69, 9.17) is 6.42 Å². The first-order chi connectivity index (χ1) is 11.4. The van der Waals surface area contributed by atoms with Gasteiger partial charge in [-0.15, -0.1) is 6.42 Å². The Morgan fingerprint density at radius 1 is 1.17 bits per heavy atom. The Labute approximate surface area is 146 Å². The third kappa shape index (κ3) is 2.55. The fourth-order valence-electron chi connectivity index (χ4n) is 6.32. The van der Waals surface area contributed by atoms with Gasteiger partial charge in [-0.2, -0.15) is 0 Å². The van der Waals surface area contributed by atoms with Crippen LogP contribution in [0, 0.1) is 46.8 Å². The van der Waals surface area contributed by atoms with Crippen LogP contribution in [0.2, 0.25) is 0 Å². The molecule has 3 aliphatic rings. The van der Waals surface area contributed by atoms with E-state index in [0.717, 1.165) is 37.7 Å². The molecule has 2 saturated carbocycles. The molecular weight excluding hydrogens is 300 g/mol. The highest BCUT2D eigenvalue weighted by molar-refractivity contribution is 5.38. The molecule has 134 valence electrons. The molecule has 0 aromatic carbocycles. The van der Waals surface area contributed by atoms with E-state index >= 15 is 0 Å². The zero-order valence-corrected chi connectivity index (χ0v) is 15.0. The van der Waals surface area contributed by atoms with Gasteiger partial charge in [-0.25, -0.2) is 0 Å². The smallest absolute Gasteiger partial charge is 0.0544 e. The van der Waals surface area contributed by atoms with Crippen molar-refractivity contribution in [1.82, 2.24) is 0 Å². The summed E-state index contributed by atoms with van der Waals surface area (Å²) in [5.74, 6) is 4.01. The van der Waals surface area contributed by atoms with Gasteiger partial charge in [0.2, 0.25) is 0 Å². The zero-order valence-electron chi connectivity index (χ0n) is 15.0. The first-order valence-corrected chi connectivity index (χ1v) is 9.47. The molecule has 0 radical (unpaired) electrons. The minimum atomic E-state index is -0.294. The van der Waals surface area contributed by atoms with Crippen LogP contribution < -0.4 is 0 Å². The molecule has 0 amide bonds. The second-order valence-corrected chi connectivity index (χ2v) is 8.83. The van der Waals surface area contributed by atoms with Gasteiger partial charge in [0, 0.05) is 24.2 Å². The van der Waals surface area contributed by atoms with Crippen molar-refractivity contribution >= 4 is 0 Å². The van der Waals surface area contributed by atoms with Gasteiger partial charge < -0.3 is 15.3 Å². The highest BCUT2D eigenvalue weighted by atomic mass is 16.3. The molecule has 3 heteroatoms. The molecule has 0 saturated heterocycles. The molecule has 0 bridgehead atoms. The van der Waals surface area contributed by atoms with Crippen molar-refractivity contribution in [2.24, 2.45) is 34.5 Å². The van der Waals surface area contributed by atoms with E-state index in [0.29, 0.717) is 18.3 Å². The van der Waals surface area contributed by atoms with E-state index < -0.39 is 0 Å². The summed E-state index contributed by atoms with van der Waals surface area (Å²) in [5.41, 5.74) is 1.13. The maximum atomic E-state index is 10.3. The van der Waals surface area contributed by atoms with E-state index in [1.807, 2.05) is 0 Å². The van der Waals surface area contributed by atoms with Crippen LogP contribution >= 0.6 is 0 Å². The Bertz CT molecular complexity index is 548. The summed E-state index contributed by atoms with van der Waals surface area (Å²) >= 11 is 0. The highest BCUT2D eigenvalue weighted by Crippen LogP contribution is 2.62. The van der Waals surface area contributed by atoms with Gasteiger partial charge in [-0.3, -0.25) is 0 Å². The van der Waals surface area contributed by atoms with Gasteiger partial charge in [0.05, 0.1) is 6.10 Å². The number of aliphatic hydroxyl groups is 3. The maximum Gasteiger partial charge on any atom is 0.0544 e. The summed E-state index contributed by atoms with van der Waals surface area (Å²) in [5, 5.41) is 30.2. The molecule has 0 heterocycles. The summed E-state index contributed by atoms with van der Waals surface area (Å²) in [6, 6.07) is 0. The average molecular weight is 332 g/mol. The van der Waals surface area contributed by atoms with Gasteiger partial charge in [-0.05, 0) is 67.6 Å². The standard InChI is InChI=1S/C21H32O3/c1-4-14-5-6-18-17(13-23)19(8-10-20(14,18)2)21(3)9-7-16(24)11-15(21)12-22/h1,5,15-19,22-24H,6-13H2,2-3H3/t15-,16+,17+,18?,19?,20-,21+/m1/s1. The number of rotatable bonds is 3. The monoisotopic (exact) mass is 332 g/mol. The molecule has 0 aromatic heterocycles. The minimum absolute atomic E-state index is 0.0123.